The zero-order chi connectivity index (χ0) is 26.2. The Morgan fingerprint density at radius 2 is 1.49 bits per heavy atom. The highest BCUT2D eigenvalue weighted by Gasteiger charge is 2.20. The van der Waals surface area contributed by atoms with Crippen LogP contribution in [0.4, 0.5) is 8.78 Å². The van der Waals surface area contributed by atoms with Crippen molar-refractivity contribution >= 4 is 11.9 Å². The minimum Gasteiger partial charge on any atom is -0.486 e. The second kappa shape index (κ2) is 11.9. The van der Waals surface area contributed by atoms with Gasteiger partial charge in [0.15, 0.2) is 11.6 Å². The molecule has 188 valence electrons. The van der Waals surface area contributed by atoms with Crippen LogP contribution in [0.25, 0.3) is 0 Å². The quantitative estimate of drug-likeness (QED) is 0.276. The van der Waals surface area contributed by atoms with Crippen molar-refractivity contribution < 1.29 is 28.2 Å². The molecule has 0 aromatic heterocycles. The molecule has 7 heteroatoms. The summed E-state index contributed by atoms with van der Waals surface area (Å²) in [6.07, 6.45) is 0.00448. The predicted octanol–water partition coefficient (Wildman–Crippen LogP) is 6.08. The Morgan fingerprint density at radius 3 is 2.11 bits per heavy atom. The van der Waals surface area contributed by atoms with Crippen LogP contribution in [0.3, 0.4) is 0 Å². The van der Waals surface area contributed by atoms with E-state index in [1.807, 2.05) is 60.7 Å². The number of nitrogens with one attached hydrogen (secondary N) is 1. The van der Waals surface area contributed by atoms with Gasteiger partial charge in [0.25, 0.3) is 5.91 Å². The van der Waals surface area contributed by atoms with Crippen molar-refractivity contribution in [2.24, 2.45) is 0 Å². The van der Waals surface area contributed by atoms with E-state index in [4.69, 9.17) is 4.74 Å². The van der Waals surface area contributed by atoms with E-state index in [1.165, 1.54) is 0 Å². The van der Waals surface area contributed by atoms with Crippen LogP contribution in [0, 0.1) is 11.6 Å². The van der Waals surface area contributed by atoms with Crippen LogP contribution in [0.1, 0.15) is 45.1 Å². The molecule has 0 radical (unpaired) electrons. The Balaban J connectivity index is 1.63. The molecule has 5 nitrogen and oxygen atoms in total. The number of benzene rings is 4. The fourth-order valence-corrected chi connectivity index (χ4v) is 3.99. The van der Waals surface area contributed by atoms with Gasteiger partial charge in [0.1, 0.15) is 12.4 Å². The summed E-state index contributed by atoms with van der Waals surface area (Å²) in [7, 11) is 0. The summed E-state index contributed by atoms with van der Waals surface area (Å²) >= 11 is 0. The average Bonchev–Trinajstić information content (AvgIpc) is 2.92. The Hall–Kier alpha value is -4.52. The summed E-state index contributed by atoms with van der Waals surface area (Å²) in [5.74, 6) is -2.95. The van der Waals surface area contributed by atoms with Gasteiger partial charge >= 0.3 is 5.97 Å². The molecule has 0 saturated carbocycles. The first-order valence-corrected chi connectivity index (χ1v) is 11.7. The number of carbonyl (C=O) groups is 2. The van der Waals surface area contributed by atoms with Crippen LogP contribution >= 0.6 is 0 Å². The van der Waals surface area contributed by atoms with Gasteiger partial charge in [-0.05, 0) is 46.9 Å². The van der Waals surface area contributed by atoms with Gasteiger partial charge in [-0.1, -0.05) is 72.8 Å². The second-order valence-electron chi connectivity index (χ2n) is 8.48. The largest absolute Gasteiger partial charge is 0.486 e. The van der Waals surface area contributed by atoms with E-state index in [9.17, 15) is 23.5 Å². The van der Waals surface area contributed by atoms with E-state index in [-0.39, 0.29) is 25.2 Å². The molecule has 4 rings (SSSR count). The zero-order valence-electron chi connectivity index (χ0n) is 19.9. The van der Waals surface area contributed by atoms with Crippen LogP contribution in [0.15, 0.2) is 97.1 Å². The first-order chi connectivity index (χ1) is 17.9. The number of hydrogen-bond donors (Lipinski definition) is 2. The summed E-state index contributed by atoms with van der Waals surface area (Å²) in [4.78, 5) is 24.8. The summed E-state index contributed by atoms with van der Waals surface area (Å²) in [6.45, 7) is -0.110. The van der Waals surface area contributed by atoms with Gasteiger partial charge in [-0.25, -0.2) is 8.78 Å². The Morgan fingerprint density at radius 1 is 0.838 bits per heavy atom. The highest BCUT2D eigenvalue weighted by atomic mass is 19.1. The monoisotopic (exact) mass is 501 g/mol. The molecule has 0 unspecified atom stereocenters. The SMILES string of the molecule is O=C(O)CCc1ccc(COc2cc(F)ccc2F)cc1C(=O)NC(c1ccccc1)c1ccccc1. The van der Waals surface area contributed by atoms with E-state index in [0.717, 1.165) is 29.3 Å². The van der Waals surface area contributed by atoms with Crippen LogP contribution < -0.4 is 10.1 Å². The molecular formula is C30H25F2NO4. The van der Waals surface area contributed by atoms with E-state index in [1.54, 1.807) is 18.2 Å². The predicted molar refractivity (Wildman–Crippen MR) is 135 cm³/mol. The van der Waals surface area contributed by atoms with Crippen molar-refractivity contribution in [2.75, 3.05) is 0 Å². The lowest BCUT2D eigenvalue weighted by molar-refractivity contribution is -0.136. The number of aryl methyl sites for hydroxylation is 1. The minimum atomic E-state index is -0.980. The summed E-state index contributed by atoms with van der Waals surface area (Å²) in [5, 5.41) is 12.2. The molecule has 0 aliphatic rings. The Bertz CT molecular complexity index is 1340. The molecule has 0 saturated heterocycles. The minimum absolute atomic E-state index is 0.110. The van der Waals surface area contributed by atoms with E-state index in [2.05, 4.69) is 5.32 Å². The summed E-state index contributed by atoms with van der Waals surface area (Å²) in [5.41, 5.74) is 3.16. The second-order valence-corrected chi connectivity index (χ2v) is 8.48. The maximum atomic E-state index is 14.0. The van der Waals surface area contributed by atoms with Crippen molar-refractivity contribution in [3.05, 3.63) is 137 Å². The van der Waals surface area contributed by atoms with Crippen molar-refractivity contribution in [1.29, 1.82) is 0 Å². The van der Waals surface area contributed by atoms with Gasteiger partial charge in [-0.15, -0.1) is 0 Å². The normalized spacial score (nSPS) is 10.8. The van der Waals surface area contributed by atoms with Crippen molar-refractivity contribution in [1.82, 2.24) is 5.32 Å². The molecule has 1 amide bonds. The molecule has 0 fully saturated rings. The fourth-order valence-electron chi connectivity index (χ4n) is 3.99. The van der Waals surface area contributed by atoms with Gasteiger partial charge in [-0.2, -0.15) is 0 Å². The lowest BCUT2D eigenvalue weighted by Crippen LogP contribution is -2.30. The molecule has 0 atom stereocenters. The third kappa shape index (κ3) is 6.79. The standard InChI is InChI=1S/C30H25F2NO4/c31-24-14-15-26(32)27(18-24)37-19-20-11-12-21(13-16-28(34)35)25(17-20)30(36)33-29(22-7-3-1-4-8-22)23-9-5-2-6-10-23/h1-12,14-15,17-18,29H,13,16,19H2,(H,33,36)(H,34,35). The number of carbonyl (C=O) groups excluding carboxylic acids is 1. The molecule has 0 aliphatic carbocycles. The number of carboxylic acid groups (broad SMARTS) is 1. The molecule has 37 heavy (non-hydrogen) atoms. The maximum absolute atomic E-state index is 14.0. The Kier molecular flexibility index (Phi) is 8.26. The molecule has 4 aromatic carbocycles. The van der Waals surface area contributed by atoms with E-state index in [0.29, 0.717) is 16.7 Å². The summed E-state index contributed by atoms with van der Waals surface area (Å²) < 4.78 is 32.9. The number of ether oxygens (including phenoxy) is 1. The van der Waals surface area contributed by atoms with Crippen molar-refractivity contribution in [3.63, 3.8) is 0 Å². The third-order valence-corrected chi connectivity index (χ3v) is 5.86. The molecule has 2 N–H and O–H groups in total. The van der Waals surface area contributed by atoms with Gasteiger partial charge in [0, 0.05) is 18.1 Å². The first-order valence-electron chi connectivity index (χ1n) is 11.7. The Labute approximate surface area is 213 Å². The molecule has 4 aromatic rings. The zero-order valence-corrected chi connectivity index (χ0v) is 19.9. The first kappa shape index (κ1) is 25.6. The van der Waals surface area contributed by atoms with E-state index >= 15 is 0 Å². The van der Waals surface area contributed by atoms with Crippen molar-refractivity contribution in [3.8, 4) is 5.75 Å². The highest BCUT2D eigenvalue weighted by molar-refractivity contribution is 5.96. The number of aliphatic carboxylic acids is 1. The van der Waals surface area contributed by atoms with Gasteiger partial charge in [0.05, 0.1) is 6.04 Å². The molecular weight excluding hydrogens is 476 g/mol. The lowest BCUT2D eigenvalue weighted by Gasteiger charge is -2.21. The summed E-state index contributed by atoms with van der Waals surface area (Å²) in [6, 6.07) is 26.4. The maximum Gasteiger partial charge on any atom is 0.303 e. The van der Waals surface area contributed by atoms with E-state index < -0.39 is 29.6 Å². The van der Waals surface area contributed by atoms with Crippen LogP contribution in [0.2, 0.25) is 0 Å². The van der Waals surface area contributed by atoms with Gasteiger partial charge in [-0.3, -0.25) is 9.59 Å². The fraction of sp³-hybridized carbons (Fsp3) is 0.133. The molecule has 0 spiro atoms. The highest BCUT2D eigenvalue weighted by Crippen LogP contribution is 2.25. The van der Waals surface area contributed by atoms with Crippen LogP contribution in [-0.4, -0.2) is 17.0 Å². The smallest absolute Gasteiger partial charge is 0.303 e. The molecule has 0 aliphatic heterocycles. The number of amides is 1. The van der Waals surface area contributed by atoms with Crippen molar-refractivity contribution in [2.45, 2.75) is 25.5 Å². The average molecular weight is 502 g/mol. The number of carboxylic acids is 1. The number of halogens is 2. The molecule has 0 bridgehead atoms. The third-order valence-electron chi connectivity index (χ3n) is 5.86. The number of rotatable bonds is 10. The van der Waals surface area contributed by atoms with Crippen LogP contribution in [-0.2, 0) is 17.8 Å². The molecule has 0 heterocycles. The lowest BCUT2D eigenvalue weighted by atomic mass is 9.96. The topological polar surface area (TPSA) is 75.6 Å². The van der Waals surface area contributed by atoms with Crippen LogP contribution in [0.5, 0.6) is 5.75 Å². The number of hydrogen-bond acceptors (Lipinski definition) is 3. The van der Waals surface area contributed by atoms with Gasteiger partial charge in [0.2, 0.25) is 0 Å². The van der Waals surface area contributed by atoms with Gasteiger partial charge < -0.3 is 15.2 Å².